The minimum Gasteiger partial charge on any atom is -0.497 e. The summed E-state index contributed by atoms with van der Waals surface area (Å²) in [7, 11) is 6.52. The van der Waals surface area contributed by atoms with E-state index in [1.54, 1.807) is 66.6 Å². The van der Waals surface area contributed by atoms with Crippen LogP contribution in [0.25, 0.3) is 11.0 Å². The van der Waals surface area contributed by atoms with Crippen LogP contribution in [0.1, 0.15) is 23.2 Å². The fraction of sp³-hybridized carbons (Fsp3) is 0.375. The Morgan fingerprint density at radius 2 is 1.52 bits per heavy atom. The predicted molar refractivity (Wildman–Crippen MR) is 125 cm³/mol. The third-order valence-corrected chi connectivity index (χ3v) is 6.29. The Morgan fingerprint density at radius 1 is 0.909 bits per heavy atom. The number of imidazole rings is 1. The van der Waals surface area contributed by atoms with E-state index in [4.69, 9.17) is 9.47 Å². The summed E-state index contributed by atoms with van der Waals surface area (Å²) < 4.78 is 13.6. The first-order valence-corrected chi connectivity index (χ1v) is 10.8. The second kappa shape index (κ2) is 9.01. The number of piperidine rings is 1. The molecule has 9 heteroatoms. The van der Waals surface area contributed by atoms with Gasteiger partial charge in [-0.15, -0.1) is 0 Å². The molecule has 0 atom stereocenters. The van der Waals surface area contributed by atoms with Gasteiger partial charge < -0.3 is 19.7 Å². The molecule has 2 aromatic carbocycles. The number of benzene rings is 2. The smallest absolute Gasteiger partial charge is 0.328 e. The van der Waals surface area contributed by atoms with Crippen LogP contribution in [0.4, 0.5) is 5.69 Å². The number of aryl methyl sites for hydroxylation is 2. The van der Waals surface area contributed by atoms with Crippen molar-refractivity contribution in [3.63, 3.8) is 0 Å². The molecule has 4 rings (SSSR count). The monoisotopic (exact) mass is 452 g/mol. The van der Waals surface area contributed by atoms with E-state index < -0.39 is 0 Å². The molecule has 1 N–H and O–H groups in total. The Morgan fingerprint density at radius 3 is 2.12 bits per heavy atom. The molecule has 2 heterocycles. The SMILES string of the molecule is COc1cc(OC)cc(C(=O)N2CCC(C(=O)Nc3ccc4c(c3)n(C)c(=O)n4C)CC2)c1. The average molecular weight is 453 g/mol. The molecule has 0 aliphatic carbocycles. The molecular weight excluding hydrogens is 424 g/mol. The first-order valence-electron chi connectivity index (χ1n) is 10.8. The van der Waals surface area contributed by atoms with Crippen LogP contribution < -0.4 is 20.5 Å². The number of anilines is 1. The number of ether oxygens (including phenoxy) is 2. The molecule has 0 saturated carbocycles. The summed E-state index contributed by atoms with van der Waals surface area (Å²) in [6, 6.07) is 10.5. The number of carbonyl (C=O) groups is 2. The van der Waals surface area contributed by atoms with Crippen LogP contribution in [-0.2, 0) is 18.9 Å². The summed E-state index contributed by atoms with van der Waals surface area (Å²) in [5.41, 5.74) is 2.60. The van der Waals surface area contributed by atoms with E-state index in [2.05, 4.69) is 5.32 Å². The second-order valence-electron chi connectivity index (χ2n) is 8.26. The number of rotatable bonds is 5. The van der Waals surface area contributed by atoms with Gasteiger partial charge in [0, 0.05) is 50.4 Å². The number of nitrogens with one attached hydrogen (secondary N) is 1. The van der Waals surface area contributed by atoms with Crippen molar-refractivity contribution in [1.29, 1.82) is 0 Å². The van der Waals surface area contributed by atoms with Crippen LogP contribution in [0.15, 0.2) is 41.2 Å². The number of carbonyl (C=O) groups excluding carboxylic acids is 2. The Labute approximate surface area is 191 Å². The van der Waals surface area contributed by atoms with Gasteiger partial charge in [0.1, 0.15) is 11.5 Å². The standard InChI is InChI=1S/C24H28N4O5/c1-26-20-6-5-17(13-21(20)27(2)24(26)31)25-22(29)15-7-9-28(10-8-15)23(30)16-11-18(32-3)14-19(12-16)33-4/h5-6,11-15H,7-10H2,1-4H3,(H,25,29). The lowest BCUT2D eigenvalue weighted by Gasteiger charge is -2.31. The summed E-state index contributed by atoms with van der Waals surface area (Å²) in [5, 5.41) is 2.97. The molecule has 0 radical (unpaired) electrons. The highest BCUT2D eigenvalue weighted by Gasteiger charge is 2.28. The Balaban J connectivity index is 1.40. The molecule has 1 saturated heterocycles. The van der Waals surface area contributed by atoms with Crippen LogP contribution in [-0.4, -0.2) is 53.2 Å². The van der Waals surface area contributed by atoms with Crippen molar-refractivity contribution in [2.45, 2.75) is 12.8 Å². The van der Waals surface area contributed by atoms with Gasteiger partial charge in [-0.2, -0.15) is 0 Å². The molecule has 33 heavy (non-hydrogen) atoms. The number of nitrogens with zero attached hydrogens (tertiary/aromatic N) is 3. The fourth-order valence-corrected chi connectivity index (χ4v) is 4.29. The van der Waals surface area contributed by atoms with E-state index in [-0.39, 0.29) is 23.4 Å². The molecule has 3 aromatic rings. The molecule has 0 bridgehead atoms. The van der Waals surface area contributed by atoms with E-state index in [9.17, 15) is 14.4 Å². The summed E-state index contributed by atoms with van der Waals surface area (Å²) in [4.78, 5) is 39.7. The second-order valence-corrected chi connectivity index (χ2v) is 8.26. The van der Waals surface area contributed by atoms with E-state index in [0.717, 1.165) is 11.0 Å². The zero-order chi connectivity index (χ0) is 23.7. The van der Waals surface area contributed by atoms with Gasteiger partial charge in [0.05, 0.1) is 25.3 Å². The number of hydrogen-bond donors (Lipinski definition) is 1. The van der Waals surface area contributed by atoms with E-state index in [1.165, 1.54) is 0 Å². The highest BCUT2D eigenvalue weighted by Crippen LogP contribution is 2.26. The normalized spacial score (nSPS) is 14.4. The van der Waals surface area contributed by atoms with E-state index >= 15 is 0 Å². The fourth-order valence-electron chi connectivity index (χ4n) is 4.29. The lowest BCUT2D eigenvalue weighted by atomic mass is 9.95. The van der Waals surface area contributed by atoms with Crippen LogP contribution in [0.2, 0.25) is 0 Å². The molecule has 1 aliphatic rings. The molecule has 1 fully saturated rings. The lowest BCUT2D eigenvalue weighted by Crippen LogP contribution is -2.41. The van der Waals surface area contributed by atoms with Crippen molar-refractivity contribution in [2.24, 2.45) is 20.0 Å². The third kappa shape index (κ3) is 4.30. The minimum absolute atomic E-state index is 0.0783. The maximum Gasteiger partial charge on any atom is 0.328 e. The van der Waals surface area contributed by atoms with Crippen LogP contribution in [0.5, 0.6) is 11.5 Å². The van der Waals surface area contributed by atoms with Crippen LogP contribution in [0.3, 0.4) is 0 Å². The van der Waals surface area contributed by atoms with Gasteiger partial charge in [-0.05, 0) is 43.2 Å². The Kier molecular flexibility index (Phi) is 6.13. The summed E-state index contributed by atoms with van der Waals surface area (Å²) in [6.45, 7) is 0.978. The van der Waals surface area contributed by atoms with Crippen LogP contribution in [0, 0.1) is 5.92 Å². The average Bonchev–Trinajstić information content (AvgIpc) is 3.06. The van der Waals surface area contributed by atoms with Crippen molar-refractivity contribution in [1.82, 2.24) is 14.0 Å². The molecule has 174 valence electrons. The topological polar surface area (TPSA) is 94.8 Å². The molecule has 1 aliphatic heterocycles. The van der Waals surface area contributed by atoms with Gasteiger partial charge in [0.2, 0.25) is 5.91 Å². The molecule has 2 amide bonds. The molecule has 1 aromatic heterocycles. The number of amides is 2. The maximum absolute atomic E-state index is 13.0. The minimum atomic E-state index is -0.191. The van der Waals surface area contributed by atoms with Gasteiger partial charge in [-0.1, -0.05) is 0 Å². The van der Waals surface area contributed by atoms with Crippen molar-refractivity contribution in [3.8, 4) is 11.5 Å². The Bertz CT molecular complexity index is 1250. The molecule has 0 unspecified atom stereocenters. The highest BCUT2D eigenvalue weighted by molar-refractivity contribution is 5.96. The Hall–Kier alpha value is -3.75. The first-order chi connectivity index (χ1) is 15.8. The quantitative estimate of drug-likeness (QED) is 0.642. The number of methoxy groups -OCH3 is 2. The van der Waals surface area contributed by atoms with Gasteiger partial charge >= 0.3 is 5.69 Å². The van der Waals surface area contributed by atoms with Gasteiger partial charge in [0.25, 0.3) is 5.91 Å². The van der Waals surface area contributed by atoms with Crippen LogP contribution >= 0.6 is 0 Å². The number of aromatic nitrogens is 2. The number of hydrogen-bond acceptors (Lipinski definition) is 5. The van der Waals surface area contributed by atoms with Crippen molar-refractivity contribution < 1.29 is 19.1 Å². The molecule has 9 nitrogen and oxygen atoms in total. The third-order valence-electron chi connectivity index (χ3n) is 6.29. The van der Waals surface area contributed by atoms with Crippen molar-refractivity contribution >= 4 is 28.5 Å². The van der Waals surface area contributed by atoms with Gasteiger partial charge in [-0.3, -0.25) is 18.7 Å². The zero-order valence-electron chi connectivity index (χ0n) is 19.3. The predicted octanol–water partition coefficient (Wildman–Crippen LogP) is 2.39. The van der Waals surface area contributed by atoms with E-state index in [0.29, 0.717) is 48.7 Å². The highest BCUT2D eigenvalue weighted by atomic mass is 16.5. The maximum atomic E-state index is 13.0. The largest absolute Gasteiger partial charge is 0.497 e. The van der Waals surface area contributed by atoms with Gasteiger partial charge in [0.15, 0.2) is 0 Å². The lowest BCUT2D eigenvalue weighted by molar-refractivity contribution is -0.121. The number of fused-ring (bicyclic) bond motifs is 1. The summed E-state index contributed by atoms with van der Waals surface area (Å²) in [6.07, 6.45) is 1.15. The van der Waals surface area contributed by atoms with E-state index in [1.807, 2.05) is 12.1 Å². The molecule has 0 spiro atoms. The van der Waals surface area contributed by atoms with Crippen molar-refractivity contribution in [2.75, 3.05) is 32.6 Å². The zero-order valence-corrected chi connectivity index (χ0v) is 19.3. The van der Waals surface area contributed by atoms with Gasteiger partial charge in [-0.25, -0.2) is 4.79 Å². The van der Waals surface area contributed by atoms with Crippen molar-refractivity contribution in [3.05, 3.63) is 52.4 Å². The summed E-state index contributed by atoms with van der Waals surface area (Å²) in [5.74, 6) is 0.732. The molecular formula is C24H28N4O5. The number of likely N-dealkylation sites (tertiary alicyclic amines) is 1. The first kappa shape index (κ1) is 22.4. The summed E-state index contributed by atoms with van der Waals surface area (Å²) >= 11 is 0.